The predicted octanol–water partition coefficient (Wildman–Crippen LogP) is 5.51. The van der Waals surface area contributed by atoms with Gasteiger partial charge in [-0.15, -0.1) is 0 Å². The van der Waals surface area contributed by atoms with E-state index in [4.69, 9.17) is 25.8 Å². The number of ether oxygens (including phenoxy) is 3. The van der Waals surface area contributed by atoms with Gasteiger partial charge in [0.2, 0.25) is 16.3 Å². The van der Waals surface area contributed by atoms with Crippen molar-refractivity contribution >= 4 is 50.7 Å². The first-order chi connectivity index (χ1) is 25.0. The van der Waals surface area contributed by atoms with Crippen LogP contribution in [0.5, 0.6) is 5.75 Å². The Morgan fingerprint density at radius 3 is 2.40 bits per heavy atom. The highest BCUT2D eigenvalue weighted by atomic mass is 35.5. The number of halogens is 1. The van der Waals surface area contributed by atoms with Crippen molar-refractivity contribution in [2.75, 3.05) is 43.6 Å². The zero-order valence-electron chi connectivity index (χ0n) is 28.3. The molecule has 2 unspecified atom stereocenters. The van der Waals surface area contributed by atoms with Gasteiger partial charge in [-0.1, -0.05) is 41.9 Å². The van der Waals surface area contributed by atoms with Gasteiger partial charge in [0.1, 0.15) is 5.75 Å². The van der Waals surface area contributed by atoms with E-state index in [0.29, 0.717) is 34.1 Å². The smallest absolute Gasteiger partial charge is 0.290 e. The third-order valence-corrected chi connectivity index (χ3v) is 10.9. The number of carbonyl (C=O) groups excluding carboxylic acids is 3. The SMILES string of the molecule is COc1ccc(S(=O)(=O)N(CCO)CCOC2CC(c3ccccc3)C=C(C(=O)Nc3ccc(N4C(=O)c5ccc(Cl)cc5C4=O)c(C)c3)O2)cc1. The number of sulfonamides is 1. The minimum absolute atomic E-state index is 0.00197. The van der Waals surface area contributed by atoms with Crippen molar-refractivity contribution in [3.05, 3.63) is 130 Å². The van der Waals surface area contributed by atoms with Crippen LogP contribution in [-0.4, -0.2) is 75.3 Å². The number of anilines is 2. The van der Waals surface area contributed by atoms with Crippen molar-refractivity contribution in [3.63, 3.8) is 0 Å². The van der Waals surface area contributed by atoms with Gasteiger partial charge in [-0.25, -0.2) is 13.3 Å². The first-order valence-corrected chi connectivity index (χ1v) is 18.2. The van der Waals surface area contributed by atoms with Crippen LogP contribution in [0.15, 0.2) is 108 Å². The fourth-order valence-corrected chi connectivity index (χ4v) is 7.69. The quantitative estimate of drug-likeness (QED) is 0.169. The highest BCUT2D eigenvalue weighted by Gasteiger charge is 2.37. The van der Waals surface area contributed by atoms with Crippen molar-refractivity contribution in [1.29, 1.82) is 0 Å². The van der Waals surface area contributed by atoms with E-state index in [1.807, 2.05) is 30.3 Å². The van der Waals surface area contributed by atoms with E-state index < -0.39 is 40.6 Å². The van der Waals surface area contributed by atoms with Gasteiger partial charge in [-0.2, -0.15) is 4.31 Å². The Morgan fingerprint density at radius 1 is 0.981 bits per heavy atom. The maximum absolute atomic E-state index is 13.6. The largest absolute Gasteiger partial charge is 0.497 e. The Bertz CT molecular complexity index is 2130. The molecular formula is C38H36ClN3O9S. The molecule has 3 amide bonds. The van der Waals surface area contributed by atoms with Crippen molar-refractivity contribution in [2.45, 2.75) is 30.4 Å². The third kappa shape index (κ3) is 7.73. The molecule has 0 fully saturated rings. The molecule has 52 heavy (non-hydrogen) atoms. The molecule has 2 N–H and O–H groups in total. The summed E-state index contributed by atoms with van der Waals surface area (Å²) in [6, 6.07) is 24.8. The predicted molar refractivity (Wildman–Crippen MR) is 194 cm³/mol. The van der Waals surface area contributed by atoms with E-state index in [1.165, 1.54) is 31.4 Å². The first-order valence-electron chi connectivity index (χ1n) is 16.4. The monoisotopic (exact) mass is 745 g/mol. The number of fused-ring (bicyclic) bond motifs is 1. The summed E-state index contributed by atoms with van der Waals surface area (Å²) < 4.78 is 45.0. The average molecular weight is 746 g/mol. The number of hydrogen-bond donors (Lipinski definition) is 2. The molecule has 2 aliphatic heterocycles. The molecule has 0 bridgehead atoms. The van der Waals surface area contributed by atoms with Gasteiger partial charge in [-0.05, 0) is 84.8 Å². The number of aryl methyl sites for hydroxylation is 1. The second kappa shape index (κ2) is 15.7. The Labute approximate surface area is 306 Å². The number of aliphatic hydroxyl groups excluding tert-OH is 1. The van der Waals surface area contributed by atoms with Gasteiger partial charge < -0.3 is 24.6 Å². The Morgan fingerprint density at radius 2 is 1.71 bits per heavy atom. The number of carbonyl (C=O) groups is 3. The lowest BCUT2D eigenvalue weighted by Gasteiger charge is -2.30. The summed E-state index contributed by atoms with van der Waals surface area (Å²) in [5.74, 6) is -1.26. The average Bonchev–Trinajstić information content (AvgIpc) is 3.39. The summed E-state index contributed by atoms with van der Waals surface area (Å²) in [5, 5.41) is 12.8. The van der Waals surface area contributed by atoms with Gasteiger partial charge in [-0.3, -0.25) is 14.4 Å². The molecule has 4 aromatic rings. The molecule has 0 radical (unpaired) electrons. The van der Waals surface area contributed by atoms with Crippen LogP contribution in [0.1, 0.15) is 44.2 Å². The van der Waals surface area contributed by atoms with Gasteiger partial charge >= 0.3 is 0 Å². The summed E-state index contributed by atoms with van der Waals surface area (Å²) in [4.78, 5) is 41.0. The summed E-state index contributed by atoms with van der Waals surface area (Å²) in [6.45, 7) is 1.01. The molecule has 14 heteroatoms. The van der Waals surface area contributed by atoms with Crippen molar-refractivity contribution in [1.82, 2.24) is 4.31 Å². The number of imide groups is 1. The normalized spacial score (nSPS) is 17.1. The highest BCUT2D eigenvalue weighted by molar-refractivity contribution is 7.89. The molecule has 0 saturated heterocycles. The number of hydrogen-bond acceptors (Lipinski definition) is 9. The van der Waals surface area contributed by atoms with E-state index in [2.05, 4.69) is 5.32 Å². The van der Waals surface area contributed by atoms with Crippen LogP contribution in [0, 0.1) is 6.92 Å². The Kier molecular flexibility index (Phi) is 11.1. The summed E-state index contributed by atoms with van der Waals surface area (Å²) in [6.07, 6.45) is 1.16. The van der Waals surface area contributed by atoms with Crippen LogP contribution in [0.2, 0.25) is 5.02 Å². The highest BCUT2D eigenvalue weighted by Crippen LogP contribution is 2.35. The molecule has 6 rings (SSSR count). The second-order valence-corrected chi connectivity index (χ2v) is 14.5. The maximum Gasteiger partial charge on any atom is 0.290 e. The molecule has 12 nitrogen and oxygen atoms in total. The standard InChI is InChI=1S/C38H36ClN3O9S/c1-24-20-28(9-15-33(24)42-37(45)31-14-8-27(39)23-32(31)38(42)46)40-36(44)34-21-26(25-6-4-3-5-7-25)22-35(51-34)50-19-17-41(16-18-43)52(47,48)30-12-10-29(49-2)11-13-30/h3-15,20-21,23,26,35,43H,16-19,22H2,1-2H3,(H,40,44). The van der Waals surface area contributed by atoms with Crippen LogP contribution in [-0.2, 0) is 24.3 Å². The lowest BCUT2D eigenvalue weighted by Crippen LogP contribution is -2.37. The van der Waals surface area contributed by atoms with Crippen LogP contribution < -0.4 is 15.0 Å². The van der Waals surface area contributed by atoms with E-state index in [-0.39, 0.29) is 47.4 Å². The van der Waals surface area contributed by atoms with E-state index in [9.17, 15) is 27.9 Å². The number of amides is 3. The van der Waals surface area contributed by atoms with Gasteiger partial charge in [0.05, 0.1) is 42.0 Å². The number of benzene rings is 4. The minimum atomic E-state index is -3.96. The van der Waals surface area contributed by atoms with E-state index in [1.54, 1.807) is 49.4 Å². The Hall–Kier alpha value is -5.05. The fraction of sp³-hybridized carbons (Fsp3) is 0.237. The van der Waals surface area contributed by atoms with Crippen molar-refractivity contribution in [2.24, 2.45) is 0 Å². The van der Waals surface area contributed by atoms with Crippen LogP contribution >= 0.6 is 11.6 Å². The van der Waals surface area contributed by atoms with Gasteiger partial charge in [0.25, 0.3) is 17.7 Å². The lowest BCUT2D eigenvalue weighted by molar-refractivity contribution is -0.143. The molecular weight excluding hydrogens is 710 g/mol. The van der Waals surface area contributed by atoms with E-state index in [0.717, 1.165) is 14.8 Å². The molecule has 0 aromatic heterocycles. The lowest BCUT2D eigenvalue weighted by atomic mass is 9.93. The van der Waals surface area contributed by atoms with Crippen LogP contribution in [0.3, 0.4) is 0 Å². The number of allylic oxidation sites excluding steroid dienone is 1. The Balaban J connectivity index is 1.15. The summed E-state index contributed by atoms with van der Waals surface area (Å²) in [5.41, 5.74) is 2.75. The maximum atomic E-state index is 13.6. The summed E-state index contributed by atoms with van der Waals surface area (Å²) in [7, 11) is -2.48. The van der Waals surface area contributed by atoms with Crippen molar-refractivity contribution < 1.29 is 42.1 Å². The summed E-state index contributed by atoms with van der Waals surface area (Å²) >= 11 is 6.06. The van der Waals surface area contributed by atoms with E-state index >= 15 is 0 Å². The third-order valence-electron chi connectivity index (χ3n) is 8.74. The minimum Gasteiger partial charge on any atom is -0.497 e. The molecule has 0 saturated carbocycles. The molecule has 0 spiro atoms. The van der Waals surface area contributed by atoms with Crippen LogP contribution in [0.25, 0.3) is 0 Å². The molecule has 2 atom stereocenters. The zero-order chi connectivity index (χ0) is 37.0. The van der Waals surface area contributed by atoms with Crippen LogP contribution in [0.4, 0.5) is 11.4 Å². The first kappa shape index (κ1) is 36.7. The molecule has 270 valence electrons. The topological polar surface area (TPSA) is 152 Å². The molecule has 0 aliphatic carbocycles. The van der Waals surface area contributed by atoms with Crippen molar-refractivity contribution in [3.8, 4) is 5.75 Å². The second-order valence-electron chi connectivity index (χ2n) is 12.1. The number of rotatable bonds is 13. The fourth-order valence-electron chi connectivity index (χ4n) is 6.11. The number of nitrogens with one attached hydrogen (secondary N) is 1. The molecule has 4 aromatic carbocycles. The van der Waals surface area contributed by atoms with Gasteiger partial charge in [0, 0.05) is 36.1 Å². The molecule has 2 aliphatic rings. The zero-order valence-corrected chi connectivity index (χ0v) is 29.9. The number of aliphatic hydroxyl groups is 1. The number of nitrogens with zero attached hydrogens (tertiary/aromatic N) is 2. The van der Waals surface area contributed by atoms with Gasteiger partial charge in [0.15, 0.2) is 5.76 Å². The molecule has 2 heterocycles. The number of methoxy groups -OCH3 is 1.